The average Bonchev–Trinajstić information content (AvgIpc) is 2.39. The predicted octanol–water partition coefficient (Wildman–Crippen LogP) is 3.96. The molecule has 0 heterocycles. The summed E-state index contributed by atoms with van der Waals surface area (Å²) in [5.41, 5.74) is 7.64. The zero-order valence-corrected chi connectivity index (χ0v) is 13.4. The van der Waals surface area contributed by atoms with Gasteiger partial charge in [-0.25, -0.2) is 0 Å². The third-order valence-electron chi connectivity index (χ3n) is 3.83. The second-order valence-electron chi connectivity index (χ2n) is 4.96. The molecule has 1 aromatic rings. The third-order valence-corrected chi connectivity index (χ3v) is 4.55. The Balaban J connectivity index is 3.10. The summed E-state index contributed by atoms with van der Waals surface area (Å²) in [6, 6.07) is 9.34. The Morgan fingerprint density at radius 2 is 1.83 bits per heavy atom. The van der Waals surface area contributed by atoms with Gasteiger partial charge in [0.05, 0.1) is 6.04 Å². The largest absolute Gasteiger partial charge is 0.326 e. The van der Waals surface area contributed by atoms with Crippen LogP contribution in [-0.2, 0) is 0 Å². The Labute approximate surface area is 120 Å². The van der Waals surface area contributed by atoms with E-state index in [0.29, 0.717) is 6.04 Å². The molecule has 1 rings (SSSR count). The van der Waals surface area contributed by atoms with E-state index < -0.39 is 0 Å². The van der Waals surface area contributed by atoms with Gasteiger partial charge in [0.15, 0.2) is 0 Å². The first-order valence-electron chi connectivity index (χ1n) is 6.74. The van der Waals surface area contributed by atoms with Crippen LogP contribution in [0.3, 0.4) is 0 Å². The number of hydrogen-bond donors (Lipinski definition) is 1. The summed E-state index contributed by atoms with van der Waals surface area (Å²) in [6.45, 7) is 6.63. The molecule has 0 aliphatic rings. The van der Waals surface area contributed by atoms with Crippen LogP contribution in [0.4, 0.5) is 0 Å². The highest BCUT2D eigenvalue weighted by Crippen LogP contribution is 2.31. The summed E-state index contributed by atoms with van der Waals surface area (Å²) in [4.78, 5) is 2.40. The summed E-state index contributed by atoms with van der Waals surface area (Å²) in [7, 11) is 2.17. The van der Waals surface area contributed by atoms with Gasteiger partial charge in [0.1, 0.15) is 0 Å². The molecule has 0 aliphatic carbocycles. The molecule has 2 N–H and O–H groups in total. The van der Waals surface area contributed by atoms with Gasteiger partial charge >= 0.3 is 0 Å². The molecule has 3 atom stereocenters. The standard InChI is InChI=1S/C15H25BrN2/c1-5-11(3)18(4)15(14(17)6-2)12-9-7-8-10-13(12)16/h7-11,14-15H,5-6,17H2,1-4H3. The molecule has 0 amide bonds. The minimum atomic E-state index is 0.155. The molecule has 0 aliphatic heterocycles. The molecule has 18 heavy (non-hydrogen) atoms. The molecule has 1 aromatic carbocycles. The first-order chi connectivity index (χ1) is 8.52. The molecule has 0 fully saturated rings. The molecule has 0 aromatic heterocycles. The Bertz CT molecular complexity index is 367. The van der Waals surface area contributed by atoms with Crippen molar-refractivity contribution in [2.24, 2.45) is 5.73 Å². The van der Waals surface area contributed by atoms with Crippen molar-refractivity contribution in [3.05, 3.63) is 34.3 Å². The Morgan fingerprint density at radius 1 is 1.22 bits per heavy atom. The summed E-state index contributed by atoms with van der Waals surface area (Å²) >= 11 is 3.65. The van der Waals surface area contributed by atoms with Crippen molar-refractivity contribution in [2.75, 3.05) is 7.05 Å². The average molecular weight is 313 g/mol. The monoisotopic (exact) mass is 312 g/mol. The first-order valence-corrected chi connectivity index (χ1v) is 7.54. The van der Waals surface area contributed by atoms with Crippen LogP contribution in [0.2, 0.25) is 0 Å². The van der Waals surface area contributed by atoms with Gasteiger partial charge in [-0.1, -0.05) is 48.0 Å². The van der Waals surface area contributed by atoms with Crippen LogP contribution in [0.5, 0.6) is 0 Å². The lowest BCUT2D eigenvalue weighted by molar-refractivity contribution is 0.154. The molecule has 3 unspecified atom stereocenters. The summed E-state index contributed by atoms with van der Waals surface area (Å²) in [5, 5.41) is 0. The van der Waals surface area contributed by atoms with Gasteiger partial charge in [0.2, 0.25) is 0 Å². The van der Waals surface area contributed by atoms with E-state index in [1.807, 2.05) is 6.07 Å². The molecule has 0 spiro atoms. The van der Waals surface area contributed by atoms with Crippen molar-refractivity contribution in [2.45, 2.75) is 51.7 Å². The van der Waals surface area contributed by atoms with Gasteiger partial charge < -0.3 is 5.73 Å². The van der Waals surface area contributed by atoms with Crippen LogP contribution in [0, 0.1) is 0 Å². The fraction of sp³-hybridized carbons (Fsp3) is 0.600. The topological polar surface area (TPSA) is 29.3 Å². The van der Waals surface area contributed by atoms with E-state index in [1.165, 1.54) is 5.56 Å². The molecule has 3 heteroatoms. The van der Waals surface area contributed by atoms with Gasteiger partial charge in [-0.2, -0.15) is 0 Å². The van der Waals surface area contributed by atoms with Gasteiger partial charge in [-0.05, 0) is 38.4 Å². The molecular formula is C15H25BrN2. The van der Waals surface area contributed by atoms with E-state index in [4.69, 9.17) is 5.73 Å². The highest BCUT2D eigenvalue weighted by atomic mass is 79.9. The fourth-order valence-electron chi connectivity index (χ4n) is 2.25. The summed E-state index contributed by atoms with van der Waals surface area (Å²) in [5.74, 6) is 0. The van der Waals surface area contributed by atoms with Crippen LogP contribution >= 0.6 is 15.9 Å². The SMILES string of the molecule is CCC(N)C(c1ccccc1Br)N(C)C(C)CC. The number of halogens is 1. The smallest absolute Gasteiger partial charge is 0.0509 e. The van der Waals surface area contributed by atoms with Crippen LogP contribution in [0.15, 0.2) is 28.7 Å². The third kappa shape index (κ3) is 3.56. The Kier molecular flexibility index (Phi) is 6.33. The Hall–Kier alpha value is -0.380. The lowest BCUT2D eigenvalue weighted by Crippen LogP contribution is -2.42. The van der Waals surface area contributed by atoms with Crippen molar-refractivity contribution < 1.29 is 0 Å². The number of likely N-dealkylation sites (N-methyl/N-ethyl adjacent to an activating group) is 1. The molecule has 0 saturated carbocycles. The predicted molar refractivity (Wildman–Crippen MR) is 82.7 cm³/mol. The summed E-state index contributed by atoms with van der Waals surface area (Å²) < 4.78 is 1.15. The second-order valence-corrected chi connectivity index (χ2v) is 5.82. The van der Waals surface area contributed by atoms with Gasteiger partial charge in [-0.3, -0.25) is 4.90 Å². The van der Waals surface area contributed by atoms with Crippen LogP contribution in [0.1, 0.15) is 45.2 Å². The molecule has 0 saturated heterocycles. The number of hydrogen-bond acceptors (Lipinski definition) is 2. The van der Waals surface area contributed by atoms with Gasteiger partial charge in [0.25, 0.3) is 0 Å². The molecular weight excluding hydrogens is 288 g/mol. The highest BCUT2D eigenvalue weighted by Gasteiger charge is 2.27. The maximum absolute atomic E-state index is 6.35. The lowest BCUT2D eigenvalue weighted by Gasteiger charge is -2.37. The van der Waals surface area contributed by atoms with Gasteiger partial charge in [0, 0.05) is 16.6 Å². The Morgan fingerprint density at radius 3 is 2.33 bits per heavy atom. The maximum atomic E-state index is 6.35. The molecule has 0 radical (unpaired) electrons. The van der Waals surface area contributed by atoms with Crippen molar-refractivity contribution in [1.82, 2.24) is 4.90 Å². The zero-order chi connectivity index (χ0) is 13.7. The van der Waals surface area contributed by atoms with E-state index >= 15 is 0 Å². The van der Waals surface area contributed by atoms with E-state index in [1.54, 1.807) is 0 Å². The zero-order valence-electron chi connectivity index (χ0n) is 11.9. The van der Waals surface area contributed by atoms with E-state index in [0.717, 1.165) is 17.3 Å². The minimum Gasteiger partial charge on any atom is -0.326 e. The molecule has 0 bridgehead atoms. The van der Waals surface area contributed by atoms with E-state index in [9.17, 15) is 0 Å². The van der Waals surface area contributed by atoms with Crippen molar-refractivity contribution in [3.63, 3.8) is 0 Å². The van der Waals surface area contributed by atoms with Crippen molar-refractivity contribution in [1.29, 1.82) is 0 Å². The number of nitrogens with two attached hydrogens (primary N) is 1. The lowest BCUT2D eigenvalue weighted by atomic mass is 9.95. The van der Waals surface area contributed by atoms with Crippen molar-refractivity contribution >= 4 is 15.9 Å². The van der Waals surface area contributed by atoms with Crippen LogP contribution in [0.25, 0.3) is 0 Å². The first kappa shape index (κ1) is 15.7. The van der Waals surface area contributed by atoms with Gasteiger partial charge in [-0.15, -0.1) is 0 Å². The van der Waals surface area contributed by atoms with E-state index in [-0.39, 0.29) is 12.1 Å². The number of benzene rings is 1. The van der Waals surface area contributed by atoms with Crippen LogP contribution in [-0.4, -0.2) is 24.0 Å². The van der Waals surface area contributed by atoms with E-state index in [2.05, 4.69) is 66.8 Å². The molecule has 102 valence electrons. The second kappa shape index (κ2) is 7.27. The molecule has 2 nitrogen and oxygen atoms in total. The summed E-state index contributed by atoms with van der Waals surface area (Å²) in [6.07, 6.45) is 2.11. The van der Waals surface area contributed by atoms with Crippen molar-refractivity contribution in [3.8, 4) is 0 Å². The number of rotatable bonds is 6. The quantitative estimate of drug-likeness (QED) is 0.861. The fourth-order valence-corrected chi connectivity index (χ4v) is 2.77. The van der Waals surface area contributed by atoms with Crippen LogP contribution < -0.4 is 5.73 Å². The minimum absolute atomic E-state index is 0.155. The maximum Gasteiger partial charge on any atom is 0.0509 e. The highest BCUT2D eigenvalue weighted by molar-refractivity contribution is 9.10. The number of nitrogens with zero attached hydrogens (tertiary/aromatic N) is 1. The normalized spacial score (nSPS) is 16.6.